The summed E-state index contributed by atoms with van der Waals surface area (Å²) in [6, 6.07) is 6.11. The van der Waals surface area contributed by atoms with Crippen LogP contribution in [0.25, 0.3) is 0 Å². The van der Waals surface area contributed by atoms with Crippen molar-refractivity contribution < 1.29 is 35.9 Å². The van der Waals surface area contributed by atoms with Gasteiger partial charge >= 0.3 is 12.4 Å². The van der Waals surface area contributed by atoms with E-state index in [1.165, 1.54) is 12.1 Å². The van der Waals surface area contributed by atoms with Crippen molar-refractivity contribution in [2.75, 3.05) is 0 Å². The molecule has 2 amide bonds. The van der Waals surface area contributed by atoms with Crippen molar-refractivity contribution in [3.63, 3.8) is 0 Å². The third kappa shape index (κ3) is 5.24. The molecule has 2 aromatic carbocycles. The van der Waals surface area contributed by atoms with Crippen LogP contribution in [0, 0.1) is 0 Å². The first-order chi connectivity index (χ1) is 12.9. The van der Waals surface area contributed by atoms with E-state index in [1.807, 2.05) is 0 Å². The van der Waals surface area contributed by atoms with Crippen LogP contribution in [0.15, 0.2) is 48.5 Å². The van der Waals surface area contributed by atoms with Crippen LogP contribution < -0.4 is 11.1 Å². The zero-order valence-corrected chi connectivity index (χ0v) is 14.1. The van der Waals surface area contributed by atoms with Gasteiger partial charge in [-0.3, -0.25) is 9.59 Å². The number of halogens is 6. The van der Waals surface area contributed by atoms with Gasteiger partial charge in [-0.2, -0.15) is 26.3 Å². The van der Waals surface area contributed by atoms with Gasteiger partial charge in [0.05, 0.1) is 11.1 Å². The number of hydrogen-bond donors (Lipinski definition) is 2. The summed E-state index contributed by atoms with van der Waals surface area (Å²) in [7, 11) is 0. The maximum atomic E-state index is 13.1. The molecule has 0 aromatic heterocycles. The first kappa shape index (κ1) is 21.3. The highest BCUT2D eigenvalue weighted by Gasteiger charge is 2.34. The molecule has 28 heavy (non-hydrogen) atoms. The molecule has 0 radical (unpaired) electrons. The van der Waals surface area contributed by atoms with E-state index in [4.69, 9.17) is 5.73 Å². The summed E-state index contributed by atoms with van der Waals surface area (Å²) in [6.07, 6.45) is -9.79. The Kier molecular flexibility index (Phi) is 6.01. The fourth-order valence-electron chi connectivity index (χ4n) is 2.47. The summed E-state index contributed by atoms with van der Waals surface area (Å²) in [5.74, 6) is -2.03. The van der Waals surface area contributed by atoms with Crippen LogP contribution >= 0.6 is 0 Å². The molecule has 0 saturated carbocycles. The Balaban J connectivity index is 2.20. The van der Waals surface area contributed by atoms with E-state index in [0.29, 0.717) is 12.1 Å². The first-order valence-electron chi connectivity index (χ1n) is 7.82. The summed E-state index contributed by atoms with van der Waals surface area (Å²) >= 11 is 0. The van der Waals surface area contributed by atoms with Gasteiger partial charge in [0.2, 0.25) is 5.91 Å². The highest BCUT2D eigenvalue weighted by atomic mass is 19.4. The molecule has 0 aliphatic carbocycles. The Morgan fingerprint density at radius 2 is 1.46 bits per heavy atom. The molecule has 10 heteroatoms. The Morgan fingerprint density at radius 1 is 0.893 bits per heavy atom. The van der Waals surface area contributed by atoms with Crippen molar-refractivity contribution in [1.29, 1.82) is 0 Å². The van der Waals surface area contributed by atoms with Gasteiger partial charge < -0.3 is 11.1 Å². The molecule has 2 aromatic rings. The van der Waals surface area contributed by atoms with E-state index >= 15 is 0 Å². The smallest absolute Gasteiger partial charge is 0.368 e. The number of hydrogen-bond acceptors (Lipinski definition) is 2. The lowest BCUT2D eigenvalue weighted by Gasteiger charge is -2.19. The topological polar surface area (TPSA) is 72.2 Å². The minimum absolute atomic E-state index is 0.205. The predicted octanol–water partition coefficient (Wildman–Crippen LogP) is 3.55. The zero-order valence-electron chi connectivity index (χ0n) is 14.1. The molecule has 4 nitrogen and oxygen atoms in total. The third-order valence-electron chi connectivity index (χ3n) is 3.87. The fourth-order valence-corrected chi connectivity index (χ4v) is 2.47. The van der Waals surface area contributed by atoms with Crippen LogP contribution in [-0.4, -0.2) is 17.9 Å². The number of primary amides is 1. The van der Waals surface area contributed by atoms with Crippen molar-refractivity contribution in [2.45, 2.75) is 24.8 Å². The highest BCUT2D eigenvalue weighted by Crippen LogP contribution is 2.32. The van der Waals surface area contributed by atoms with Gasteiger partial charge in [-0.1, -0.05) is 18.2 Å². The third-order valence-corrected chi connectivity index (χ3v) is 3.87. The molecular weight excluding hydrogens is 390 g/mol. The monoisotopic (exact) mass is 404 g/mol. The number of nitrogens with two attached hydrogens (primary N) is 1. The molecule has 1 atom stereocenters. The van der Waals surface area contributed by atoms with Crippen LogP contribution in [0.4, 0.5) is 26.3 Å². The number of rotatable bonds is 5. The van der Waals surface area contributed by atoms with Crippen LogP contribution in [0.3, 0.4) is 0 Å². The van der Waals surface area contributed by atoms with Crippen molar-refractivity contribution in [2.24, 2.45) is 5.73 Å². The Labute approximate surface area is 155 Å². The minimum atomic E-state index is -4.67. The van der Waals surface area contributed by atoms with Crippen molar-refractivity contribution in [1.82, 2.24) is 5.32 Å². The Hall–Kier alpha value is -3.04. The van der Waals surface area contributed by atoms with E-state index in [0.717, 1.165) is 24.3 Å². The Bertz CT molecular complexity index is 860. The second-order valence-electron chi connectivity index (χ2n) is 5.86. The standard InChI is InChI=1S/C18H14F6N2O2/c19-17(20,21)12-7-5-10(6-8-12)16(28)26-14(15(25)27)9-11-3-1-2-4-13(11)18(22,23)24/h1-8,14H,9H2,(H2,25,27)(H,26,28)/t14-/m1/s1. The zero-order chi connectivity index (χ0) is 21.1. The lowest BCUT2D eigenvalue weighted by molar-refractivity contribution is -0.138. The molecular formula is C18H14F6N2O2. The average molecular weight is 404 g/mol. The van der Waals surface area contributed by atoms with Crippen LogP contribution in [0.5, 0.6) is 0 Å². The predicted molar refractivity (Wildman–Crippen MR) is 87.0 cm³/mol. The first-order valence-corrected chi connectivity index (χ1v) is 7.82. The second-order valence-corrected chi connectivity index (χ2v) is 5.86. The molecule has 0 bridgehead atoms. The van der Waals surface area contributed by atoms with Crippen LogP contribution in [0.2, 0.25) is 0 Å². The van der Waals surface area contributed by atoms with Crippen molar-refractivity contribution in [3.05, 3.63) is 70.8 Å². The summed E-state index contributed by atoms with van der Waals surface area (Å²) in [5, 5.41) is 2.16. The molecule has 0 heterocycles. The van der Waals surface area contributed by atoms with Gasteiger partial charge in [0.1, 0.15) is 6.04 Å². The maximum Gasteiger partial charge on any atom is 0.416 e. The number of carbonyl (C=O) groups excluding carboxylic acids is 2. The maximum absolute atomic E-state index is 13.1. The average Bonchev–Trinajstić information content (AvgIpc) is 2.60. The molecule has 0 aliphatic rings. The van der Waals surface area contributed by atoms with E-state index in [9.17, 15) is 35.9 Å². The van der Waals surface area contributed by atoms with Gasteiger partial charge in [0.25, 0.3) is 5.91 Å². The number of carbonyl (C=O) groups is 2. The Morgan fingerprint density at radius 3 is 1.96 bits per heavy atom. The number of benzene rings is 2. The quantitative estimate of drug-likeness (QED) is 0.749. The van der Waals surface area contributed by atoms with E-state index in [1.54, 1.807) is 0 Å². The van der Waals surface area contributed by atoms with E-state index in [2.05, 4.69) is 5.32 Å². The number of amides is 2. The summed E-state index contributed by atoms with van der Waals surface area (Å²) in [5.41, 5.74) is 2.75. The van der Waals surface area contributed by atoms with Gasteiger partial charge in [-0.05, 0) is 35.9 Å². The van der Waals surface area contributed by atoms with Gasteiger partial charge in [-0.15, -0.1) is 0 Å². The lowest BCUT2D eigenvalue weighted by atomic mass is 9.99. The van der Waals surface area contributed by atoms with E-state index in [-0.39, 0.29) is 11.1 Å². The van der Waals surface area contributed by atoms with Gasteiger partial charge in [0, 0.05) is 12.0 Å². The lowest BCUT2D eigenvalue weighted by Crippen LogP contribution is -2.46. The summed E-state index contributed by atoms with van der Waals surface area (Å²) in [6.45, 7) is 0. The molecule has 0 saturated heterocycles. The second kappa shape index (κ2) is 7.91. The van der Waals surface area contributed by atoms with Gasteiger partial charge in [0.15, 0.2) is 0 Å². The molecule has 2 rings (SSSR count). The van der Waals surface area contributed by atoms with E-state index < -0.39 is 47.8 Å². The largest absolute Gasteiger partial charge is 0.416 e. The number of nitrogens with one attached hydrogen (secondary N) is 1. The van der Waals surface area contributed by atoms with Gasteiger partial charge in [-0.25, -0.2) is 0 Å². The normalized spacial score (nSPS) is 13.1. The minimum Gasteiger partial charge on any atom is -0.368 e. The van der Waals surface area contributed by atoms with Crippen LogP contribution in [-0.2, 0) is 23.6 Å². The SMILES string of the molecule is NC(=O)[C@@H](Cc1ccccc1C(F)(F)F)NC(=O)c1ccc(C(F)(F)F)cc1. The molecule has 3 N–H and O–H groups in total. The summed E-state index contributed by atoms with van der Waals surface area (Å²) < 4.78 is 76.9. The molecule has 0 spiro atoms. The van der Waals surface area contributed by atoms with Crippen molar-refractivity contribution >= 4 is 11.8 Å². The van der Waals surface area contributed by atoms with Crippen molar-refractivity contribution in [3.8, 4) is 0 Å². The molecule has 150 valence electrons. The van der Waals surface area contributed by atoms with Crippen LogP contribution in [0.1, 0.15) is 27.0 Å². The highest BCUT2D eigenvalue weighted by molar-refractivity contribution is 5.97. The fraction of sp³-hybridized carbons (Fsp3) is 0.222. The molecule has 0 fully saturated rings. The number of alkyl halides is 6. The molecule has 0 aliphatic heterocycles. The molecule has 0 unspecified atom stereocenters. The summed E-state index contributed by atoms with van der Waals surface area (Å²) in [4.78, 5) is 23.8.